The Kier molecular flexibility index (Phi) is 13.8. The first-order valence-corrected chi connectivity index (χ1v) is 10.8. The Balaban J connectivity index is 2.83. The summed E-state index contributed by atoms with van der Waals surface area (Å²) in [6.07, 6.45) is 13.5. The summed E-state index contributed by atoms with van der Waals surface area (Å²) in [6.45, 7) is 6.65. The maximum absolute atomic E-state index is 12.0. The van der Waals surface area contributed by atoms with Gasteiger partial charge in [0.05, 0.1) is 6.61 Å². The van der Waals surface area contributed by atoms with Crippen LogP contribution in [0, 0.1) is 5.92 Å². The van der Waals surface area contributed by atoms with E-state index in [2.05, 4.69) is 26.0 Å². The third-order valence-electron chi connectivity index (χ3n) is 4.70. The van der Waals surface area contributed by atoms with Crippen LogP contribution in [0.15, 0.2) is 54.6 Å². The van der Waals surface area contributed by atoms with Gasteiger partial charge in [-0.05, 0) is 31.4 Å². The summed E-state index contributed by atoms with van der Waals surface area (Å²) in [5.74, 6) is -0.291. The smallest absolute Gasteiger partial charge is 0.332 e. The third-order valence-corrected chi connectivity index (χ3v) is 4.70. The summed E-state index contributed by atoms with van der Waals surface area (Å²) < 4.78 is 16.8. The van der Waals surface area contributed by atoms with Gasteiger partial charge in [-0.1, -0.05) is 81.7 Å². The first-order chi connectivity index (χ1) is 14.1. The minimum absolute atomic E-state index is 0.0683. The molecule has 29 heavy (non-hydrogen) atoms. The van der Waals surface area contributed by atoms with Crippen molar-refractivity contribution in [2.45, 2.75) is 71.7 Å². The summed E-state index contributed by atoms with van der Waals surface area (Å²) in [4.78, 5) is 12.0. The predicted molar refractivity (Wildman–Crippen MR) is 119 cm³/mol. The molecule has 0 bridgehead atoms. The molecule has 162 valence electrons. The quantitative estimate of drug-likeness (QED) is 0.209. The molecular weight excluding hydrogens is 364 g/mol. The second-order valence-electron chi connectivity index (χ2n) is 7.31. The van der Waals surface area contributed by atoms with Crippen LogP contribution in [0.4, 0.5) is 0 Å². The fourth-order valence-electron chi connectivity index (χ4n) is 3.13. The highest BCUT2D eigenvalue weighted by atomic mass is 16.6. The molecule has 4 nitrogen and oxygen atoms in total. The van der Waals surface area contributed by atoms with Crippen LogP contribution in [0.2, 0.25) is 0 Å². The van der Waals surface area contributed by atoms with E-state index in [1.807, 2.05) is 49.4 Å². The monoisotopic (exact) mass is 402 g/mol. The van der Waals surface area contributed by atoms with E-state index >= 15 is 0 Å². The molecule has 4 heteroatoms. The first kappa shape index (κ1) is 25.1. The van der Waals surface area contributed by atoms with Crippen LogP contribution in [-0.4, -0.2) is 31.9 Å². The van der Waals surface area contributed by atoms with Gasteiger partial charge in [0.25, 0.3) is 0 Å². The third kappa shape index (κ3) is 11.0. The largest absolute Gasteiger partial charge is 0.454 e. The van der Waals surface area contributed by atoms with Crippen molar-refractivity contribution in [3.8, 4) is 0 Å². The van der Waals surface area contributed by atoms with Gasteiger partial charge in [0.2, 0.25) is 0 Å². The average Bonchev–Trinajstić information content (AvgIpc) is 2.71. The molecule has 0 fully saturated rings. The van der Waals surface area contributed by atoms with Gasteiger partial charge in [0, 0.05) is 13.0 Å². The van der Waals surface area contributed by atoms with Crippen molar-refractivity contribution in [3.05, 3.63) is 60.2 Å². The molecule has 1 aromatic rings. The number of unbranched alkanes of at least 4 members (excludes halogenated alkanes) is 4. The maximum atomic E-state index is 12.0. The Hall–Kier alpha value is -1.91. The Labute approximate surface area is 176 Å². The highest BCUT2D eigenvalue weighted by Gasteiger charge is 2.28. The number of rotatable bonds is 15. The molecule has 0 N–H and O–H groups in total. The second kappa shape index (κ2) is 15.9. The number of carbonyl (C=O) groups is 1. The summed E-state index contributed by atoms with van der Waals surface area (Å²) >= 11 is 0. The molecule has 0 radical (unpaired) electrons. The SMILES string of the molecule is C/C=C/C(OC(=O)COC)C(OCc1ccccc1)C(C)/C=C/CCCCCC. The molecule has 1 aromatic carbocycles. The van der Waals surface area contributed by atoms with Crippen molar-refractivity contribution in [1.82, 2.24) is 0 Å². The number of esters is 1. The number of ether oxygens (including phenoxy) is 3. The van der Waals surface area contributed by atoms with E-state index < -0.39 is 6.10 Å². The van der Waals surface area contributed by atoms with E-state index in [1.165, 1.54) is 32.8 Å². The molecule has 0 heterocycles. The highest BCUT2D eigenvalue weighted by Crippen LogP contribution is 2.20. The molecule has 0 aliphatic heterocycles. The lowest BCUT2D eigenvalue weighted by Crippen LogP contribution is -2.37. The summed E-state index contributed by atoms with van der Waals surface area (Å²) in [5.41, 5.74) is 1.09. The number of hydrogen-bond donors (Lipinski definition) is 0. The van der Waals surface area contributed by atoms with Crippen LogP contribution in [0.3, 0.4) is 0 Å². The molecule has 0 aliphatic carbocycles. The fraction of sp³-hybridized carbons (Fsp3) is 0.560. The summed E-state index contributed by atoms with van der Waals surface area (Å²) in [6, 6.07) is 10.0. The van der Waals surface area contributed by atoms with Gasteiger partial charge in [0.1, 0.15) is 18.8 Å². The predicted octanol–water partition coefficient (Wildman–Crippen LogP) is 5.87. The lowest BCUT2D eigenvalue weighted by Gasteiger charge is -2.29. The number of hydrogen-bond acceptors (Lipinski definition) is 4. The van der Waals surface area contributed by atoms with Crippen LogP contribution in [-0.2, 0) is 25.6 Å². The van der Waals surface area contributed by atoms with E-state index in [0.29, 0.717) is 6.61 Å². The van der Waals surface area contributed by atoms with Crippen LogP contribution in [0.1, 0.15) is 58.4 Å². The number of carbonyl (C=O) groups excluding carboxylic acids is 1. The van der Waals surface area contributed by atoms with Crippen molar-refractivity contribution in [1.29, 1.82) is 0 Å². The minimum Gasteiger partial charge on any atom is -0.454 e. The summed E-state index contributed by atoms with van der Waals surface area (Å²) in [7, 11) is 1.49. The molecule has 0 saturated heterocycles. The van der Waals surface area contributed by atoms with E-state index in [1.54, 1.807) is 0 Å². The van der Waals surface area contributed by atoms with Crippen LogP contribution >= 0.6 is 0 Å². The van der Waals surface area contributed by atoms with Crippen LogP contribution < -0.4 is 0 Å². The van der Waals surface area contributed by atoms with Gasteiger partial charge < -0.3 is 14.2 Å². The first-order valence-electron chi connectivity index (χ1n) is 10.8. The Bertz CT molecular complexity index is 594. The highest BCUT2D eigenvalue weighted by molar-refractivity contribution is 5.71. The molecule has 0 spiro atoms. The number of benzene rings is 1. The molecule has 0 aromatic heterocycles. The average molecular weight is 403 g/mol. The zero-order chi connectivity index (χ0) is 21.3. The van der Waals surface area contributed by atoms with Crippen molar-refractivity contribution in [3.63, 3.8) is 0 Å². The molecule has 0 saturated carbocycles. The normalized spacial score (nSPS) is 14.9. The van der Waals surface area contributed by atoms with E-state index in [9.17, 15) is 4.79 Å². The van der Waals surface area contributed by atoms with Gasteiger partial charge in [-0.3, -0.25) is 0 Å². The van der Waals surface area contributed by atoms with Gasteiger partial charge in [-0.25, -0.2) is 4.79 Å². The van der Waals surface area contributed by atoms with Crippen molar-refractivity contribution < 1.29 is 19.0 Å². The zero-order valence-corrected chi connectivity index (χ0v) is 18.5. The van der Waals surface area contributed by atoms with Crippen molar-refractivity contribution in [2.24, 2.45) is 5.92 Å². The minimum atomic E-state index is -0.467. The van der Waals surface area contributed by atoms with Gasteiger partial charge in [0.15, 0.2) is 0 Å². The number of allylic oxidation sites excluding steroid dienone is 2. The second-order valence-corrected chi connectivity index (χ2v) is 7.31. The molecule has 0 amide bonds. The topological polar surface area (TPSA) is 44.8 Å². The fourth-order valence-corrected chi connectivity index (χ4v) is 3.13. The molecule has 3 atom stereocenters. The van der Waals surface area contributed by atoms with Gasteiger partial charge in [-0.2, -0.15) is 0 Å². The van der Waals surface area contributed by atoms with Crippen molar-refractivity contribution >= 4 is 5.97 Å². The Morgan fingerprint density at radius 2 is 1.86 bits per heavy atom. The lowest BCUT2D eigenvalue weighted by molar-refractivity contribution is -0.160. The maximum Gasteiger partial charge on any atom is 0.332 e. The van der Waals surface area contributed by atoms with E-state index in [-0.39, 0.29) is 24.6 Å². The lowest BCUT2D eigenvalue weighted by atomic mass is 9.97. The zero-order valence-electron chi connectivity index (χ0n) is 18.5. The molecular formula is C25H38O4. The molecule has 3 unspecified atom stereocenters. The molecule has 1 rings (SSSR count). The van der Waals surface area contributed by atoms with Crippen molar-refractivity contribution in [2.75, 3.05) is 13.7 Å². The van der Waals surface area contributed by atoms with E-state index in [4.69, 9.17) is 14.2 Å². The standard InChI is InChI=1S/C25H38O4/c1-5-7-8-9-10-12-16-21(3)25(28-19-22-17-13-11-14-18-22)23(15-6-2)29-24(26)20-27-4/h6,11-18,21,23,25H,5,7-10,19-20H2,1-4H3/b15-6+,16-12+. The van der Waals surface area contributed by atoms with E-state index in [0.717, 1.165) is 12.0 Å². The Morgan fingerprint density at radius 1 is 1.10 bits per heavy atom. The number of methoxy groups -OCH3 is 1. The van der Waals surface area contributed by atoms with Gasteiger partial charge in [-0.15, -0.1) is 0 Å². The van der Waals surface area contributed by atoms with Gasteiger partial charge >= 0.3 is 5.97 Å². The van der Waals surface area contributed by atoms with Crippen LogP contribution in [0.5, 0.6) is 0 Å². The van der Waals surface area contributed by atoms with Crippen LogP contribution in [0.25, 0.3) is 0 Å². The molecule has 0 aliphatic rings. The Morgan fingerprint density at radius 3 is 2.52 bits per heavy atom. The summed E-state index contributed by atoms with van der Waals surface area (Å²) in [5, 5.41) is 0.